The number of fused-ring (bicyclic) bond motifs is 3. The zero-order valence-corrected chi connectivity index (χ0v) is 28.4. The van der Waals surface area contributed by atoms with Crippen LogP contribution in [0, 0.1) is 0 Å². The van der Waals surface area contributed by atoms with Crippen LogP contribution in [-0.4, -0.2) is 48.0 Å². The van der Waals surface area contributed by atoms with Gasteiger partial charge in [-0.1, -0.05) is 121 Å². The lowest BCUT2D eigenvalue weighted by Gasteiger charge is -2.17. The number of rotatable bonds is 11. The van der Waals surface area contributed by atoms with Crippen molar-refractivity contribution in [3.63, 3.8) is 0 Å². The van der Waals surface area contributed by atoms with Gasteiger partial charge in [-0.05, 0) is 51.1 Å². The van der Waals surface area contributed by atoms with Crippen LogP contribution in [0.1, 0.15) is 33.7 Å². The monoisotopic (exact) mass is 712 g/mol. The predicted octanol–water partition coefficient (Wildman–Crippen LogP) is 7.06. The zero-order valence-electron chi connectivity index (χ0n) is 28.4. The molecule has 0 saturated carbocycles. The number of benzene rings is 5. The Hall–Kier alpha value is -6.95. The second kappa shape index (κ2) is 17.3. The molecule has 0 spiro atoms. The Balaban J connectivity index is 1.07. The highest BCUT2D eigenvalue weighted by Crippen LogP contribution is 2.44. The molecule has 12 nitrogen and oxygen atoms in total. The van der Waals surface area contributed by atoms with Crippen molar-refractivity contribution in [1.29, 1.82) is 0 Å². The number of carboxylic acid groups (broad SMARTS) is 1. The van der Waals surface area contributed by atoms with E-state index in [1.165, 1.54) is 0 Å². The minimum atomic E-state index is -1.28. The molecule has 0 aromatic heterocycles. The van der Waals surface area contributed by atoms with E-state index >= 15 is 0 Å². The lowest BCUT2D eigenvalue weighted by atomic mass is 9.98. The lowest BCUT2D eigenvalue weighted by Crippen LogP contribution is -2.44. The number of amides is 3. The Morgan fingerprint density at radius 3 is 1.58 bits per heavy atom. The highest BCUT2D eigenvalue weighted by atomic mass is 16.6. The van der Waals surface area contributed by atoms with Gasteiger partial charge in [0.1, 0.15) is 25.9 Å². The maximum absolute atomic E-state index is 12.8. The highest BCUT2D eigenvalue weighted by molar-refractivity contribution is 6.02. The van der Waals surface area contributed by atoms with Crippen molar-refractivity contribution < 1.29 is 38.5 Å². The van der Waals surface area contributed by atoms with Crippen LogP contribution in [0.15, 0.2) is 138 Å². The fraction of sp³-hybridized carbons (Fsp3) is 0.146. The third kappa shape index (κ3) is 9.85. The third-order valence-corrected chi connectivity index (χ3v) is 8.42. The Labute approximate surface area is 305 Å². The molecule has 268 valence electrons. The normalized spacial score (nSPS) is 11.9. The summed E-state index contributed by atoms with van der Waals surface area (Å²) < 4.78 is 16.1. The summed E-state index contributed by atoms with van der Waals surface area (Å²) in [6.45, 7) is 0.0206. The molecular weight excluding hydrogens is 676 g/mol. The molecule has 0 bridgehead atoms. The van der Waals surface area contributed by atoms with Crippen molar-refractivity contribution >= 4 is 35.9 Å². The van der Waals surface area contributed by atoms with E-state index in [9.17, 15) is 24.3 Å². The standard InChI is InChI=1S/C41H36N4O8/c46-37(47)36(43-39(48)53-26-35-33-17-9-7-15-31(33)32-16-8-10-18-34(32)35)23-27-19-21-30(22-20-27)42-38(44-40(49)51-24-28-11-3-1-4-12-28)45-41(50)52-25-29-13-5-2-6-14-29/h1-22,35-36H,23-26H2,(H,43,48)(H,46,47)(H2,42,44,45,49,50)/t36-/m0/s1. The summed E-state index contributed by atoms with van der Waals surface area (Å²) in [5, 5.41) is 17.2. The fourth-order valence-corrected chi connectivity index (χ4v) is 5.85. The number of aliphatic imine (C=N–C) groups is 1. The average Bonchev–Trinajstić information content (AvgIpc) is 3.50. The molecular formula is C41H36N4O8. The SMILES string of the molecule is O=C(NC(=Nc1ccc(C[C@H](NC(=O)OCC2c3ccccc3-c3ccccc32)C(=O)O)cc1)NC(=O)OCc1ccccc1)OCc1ccccc1. The van der Waals surface area contributed by atoms with Gasteiger partial charge in [0, 0.05) is 12.3 Å². The first-order chi connectivity index (χ1) is 25.8. The molecule has 3 amide bonds. The number of carbonyl (C=O) groups is 4. The molecule has 0 fully saturated rings. The molecule has 4 N–H and O–H groups in total. The Bertz CT molecular complexity index is 1980. The number of carbonyl (C=O) groups excluding carboxylic acids is 3. The quantitative estimate of drug-likeness (QED) is 0.0642. The van der Waals surface area contributed by atoms with E-state index in [2.05, 4.69) is 20.9 Å². The van der Waals surface area contributed by atoms with Crippen LogP contribution in [0.25, 0.3) is 11.1 Å². The number of ether oxygens (including phenoxy) is 3. The van der Waals surface area contributed by atoms with Gasteiger partial charge in [0.05, 0.1) is 5.69 Å². The van der Waals surface area contributed by atoms with Crippen molar-refractivity contribution in [3.05, 3.63) is 161 Å². The summed E-state index contributed by atoms with van der Waals surface area (Å²) in [7, 11) is 0. The molecule has 0 aliphatic heterocycles. The van der Waals surface area contributed by atoms with E-state index in [0.29, 0.717) is 11.3 Å². The van der Waals surface area contributed by atoms with Gasteiger partial charge in [0.2, 0.25) is 5.96 Å². The van der Waals surface area contributed by atoms with Crippen LogP contribution >= 0.6 is 0 Å². The van der Waals surface area contributed by atoms with Gasteiger partial charge in [-0.2, -0.15) is 0 Å². The second-order valence-corrected chi connectivity index (χ2v) is 12.1. The first-order valence-corrected chi connectivity index (χ1v) is 16.8. The van der Waals surface area contributed by atoms with Crippen LogP contribution in [0.3, 0.4) is 0 Å². The minimum Gasteiger partial charge on any atom is -0.480 e. The van der Waals surface area contributed by atoms with E-state index in [1.807, 2.05) is 84.9 Å². The Morgan fingerprint density at radius 1 is 0.585 bits per heavy atom. The van der Waals surface area contributed by atoms with Gasteiger partial charge in [0.25, 0.3) is 0 Å². The molecule has 53 heavy (non-hydrogen) atoms. The van der Waals surface area contributed by atoms with Crippen LogP contribution in [0.5, 0.6) is 0 Å². The van der Waals surface area contributed by atoms with Crippen molar-refractivity contribution in [3.8, 4) is 11.1 Å². The second-order valence-electron chi connectivity index (χ2n) is 12.1. The number of hydrogen-bond donors (Lipinski definition) is 4. The number of carboxylic acids is 1. The number of guanidine groups is 1. The molecule has 1 aliphatic rings. The molecule has 0 radical (unpaired) electrons. The van der Waals surface area contributed by atoms with Gasteiger partial charge in [-0.15, -0.1) is 0 Å². The van der Waals surface area contributed by atoms with Gasteiger partial charge >= 0.3 is 24.2 Å². The van der Waals surface area contributed by atoms with Crippen molar-refractivity contribution in [2.24, 2.45) is 4.99 Å². The summed E-state index contributed by atoms with van der Waals surface area (Å²) in [4.78, 5) is 54.6. The Morgan fingerprint density at radius 2 is 1.08 bits per heavy atom. The largest absolute Gasteiger partial charge is 0.480 e. The fourth-order valence-electron chi connectivity index (χ4n) is 5.85. The molecule has 1 atom stereocenters. The maximum atomic E-state index is 12.8. The van der Waals surface area contributed by atoms with Gasteiger partial charge in [-0.25, -0.2) is 24.2 Å². The Kier molecular flexibility index (Phi) is 11.7. The number of hydrogen-bond acceptors (Lipinski definition) is 8. The third-order valence-electron chi connectivity index (χ3n) is 8.42. The number of aliphatic carboxylic acids is 1. The van der Waals surface area contributed by atoms with Crippen LogP contribution in [0.2, 0.25) is 0 Å². The van der Waals surface area contributed by atoms with Gasteiger partial charge in [-0.3, -0.25) is 10.6 Å². The summed E-state index contributed by atoms with van der Waals surface area (Å²) in [5.41, 5.74) is 6.66. The van der Waals surface area contributed by atoms with E-state index in [-0.39, 0.29) is 38.1 Å². The zero-order chi connectivity index (χ0) is 37.0. The molecule has 5 aromatic rings. The van der Waals surface area contributed by atoms with E-state index in [1.54, 1.807) is 48.5 Å². The lowest BCUT2D eigenvalue weighted by molar-refractivity contribution is -0.139. The number of nitrogens with zero attached hydrogens (tertiary/aromatic N) is 1. The molecule has 0 saturated heterocycles. The topological polar surface area (TPSA) is 165 Å². The van der Waals surface area contributed by atoms with E-state index in [4.69, 9.17) is 14.2 Å². The highest BCUT2D eigenvalue weighted by Gasteiger charge is 2.30. The molecule has 1 aliphatic carbocycles. The van der Waals surface area contributed by atoms with E-state index < -0.39 is 30.3 Å². The number of nitrogens with one attached hydrogen (secondary N) is 3. The first kappa shape index (κ1) is 35.9. The summed E-state index contributed by atoms with van der Waals surface area (Å²) in [6.07, 6.45) is -2.63. The van der Waals surface area contributed by atoms with Crippen LogP contribution < -0.4 is 16.0 Å². The summed E-state index contributed by atoms with van der Waals surface area (Å²) >= 11 is 0. The molecule has 0 heterocycles. The molecule has 12 heteroatoms. The van der Waals surface area contributed by atoms with Crippen LogP contribution in [0.4, 0.5) is 20.1 Å². The van der Waals surface area contributed by atoms with Crippen molar-refractivity contribution in [2.45, 2.75) is 31.6 Å². The average molecular weight is 713 g/mol. The molecule has 6 rings (SSSR count). The predicted molar refractivity (Wildman–Crippen MR) is 196 cm³/mol. The van der Waals surface area contributed by atoms with Crippen LogP contribution in [-0.2, 0) is 38.6 Å². The van der Waals surface area contributed by atoms with Crippen molar-refractivity contribution in [2.75, 3.05) is 6.61 Å². The van der Waals surface area contributed by atoms with Gasteiger partial charge in [0.15, 0.2) is 0 Å². The smallest absolute Gasteiger partial charge is 0.414 e. The summed E-state index contributed by atoms with van der Waals surface area (Å²) in [5.74, 6) is -1.66. The maximum Gasteiger partial charge on any atom is 0.414 e. The van der Waals surface area contributed by atoms with Crippen molar-refractivity contribution in [1.82, 2.24) is 16.0 Å². The molecule has 5 aromatic carbocycles. The first-order valence-electron chi connectivity index (χ1n) is 16.8. The van der Waals surface area contributed by atoms with Gasteiger partial charge < -0.3 is 24.6 Å². The summed E-state index contributed by atoms with van der Waals surface area (Å²) in [6, 6.07) is 39.1. The minimum absolute atomic E-state index is 0.0120. The van der Waals surface area contributed by atoms with E-state index in [0.717, 1.165) is 33.4 Å². The molecule has 0 unspecified atom stereocenters. The number of alkyl carbamates (subject to hydrolysis) is 3.